The maximum atomic E-state index is 11.3. The second-order valence-electron chi connectivity index (χ2n) is 5.09. The van der Waals surface area contributed by atoms with E-state index in [1.54, 1.807) is 7.11 Å². The Morgan fingerprint density at radius 3 is 2.68 bits per heavy atom. The largest absolute Gasteiger partial charge is 0.477 e. The van der Waals surface area contributed by atoms with Gasteiger partial charge in [0, 0.05) is 19.7 Å². The molecule has 1 N–H and O–H groups in total. The highest BCUT2D eigenvalue weighted by atomic mass is 32.1. The first kappa shape index (κ1) is 14.3. The van der Waals surface area contributed by atoms with Crippen molar-refractivity contribution in [2.75, 3.05) is 25.2 Å². The van der Waals surface area contributed by atoms with Crippen LogP contribution in [-0.4, -0.2) is 42.4 Å². The Balaban J connectivity index is 2.26. The van der Waals surface area contributed by atoms with Gasteiger partial charge < -0.3 is 14.7 Å². The molecular weight excluding hydrogens is 264 g/mol. The van der Waals surface area contributed by atoms with Gasteiger partial charge in [0.15, 0.2) is 5.13 Å². The fourth-order valence-electron chi connectivity index (χ4n) is 2.00. The van der Waals surface area contributed by atoms with Crippen molar-refractivity contribution in [2.45, 2.75) is 38.6 Å². The molecule has 0 saturated heterocycles. The zero-order valence-corrected chi connectivity index (χ0v) is 12.4. The summed E-state index contributed by atoms with van der Waals surface area (Å²) in [5, 5.41) is 10.1. The van der Waals surface area contributed by atoms with Gasteiger partial charge in [-0.3, -0.25) is 0 Å². The van der Waals surface area contributed by atoms with Crippen LogP contribution in [0.1, 0.15) is 48.0 Å². The molecule has 0 amide bonds. The lowest BCUT2D eigenvalue weighted by atomic mass is 10.1. The Kier molecular flexibility index (Phi) is 4.42. The highest BCUT2D eigenvalue weighted by Crippen LogP contribution is 2.36. The van der Waals surface area contributed by atoms with Crippen molar-refractivity contribution >= 4 is 22.4 Å². The smallest absolute Gasteiger partial charge is 0.347 e. The maximum Gasteiger partial charge on any atom is 0.347 e. The number of carbonyl (C=O) groups is 1. The summed E-state index contributed by atoms with van der Waals surface area (Å²) in [4.78, 5) is 18.4. The highest BCUT2D eigenvalue weighted by molar-refractivity contribution is 7.17. The van der Waals surface area contributed by atoms with Gasteiger partial charge in [0.2, 0.25) is 0 Å². The third kappa shape index (κ3) is 3.25. The first-order valence-corrected chi connectivity index (χ1v) is 7.35. The standard InChI is InChI=1S/C13H20N2O3S/c1-8(2)10-11(12(16)17)19-13(14-10)15(6-7-18-3)9-4-5-9/h8-9H,4-7H2,1-3H3,(H,16,17). The molecule has 0 aromatic carbocycles. The molecule has 6 heteroatoms. The van der Waals surface area contributed by atoms with Crippen LogP contribution < -0.4 is 4.90 Å². The van der Waals surface area contributed by atoms with E-state index in [1.165, 1.54) is 11.3 Å². The van der Waals surface area contributed by atoms with E-state index in [0.717, 1.165) is 24.5 Å². The lowest BCUT2D eigenvalue weighted by Crippen LogP contribution is -2.29. The van der Waals surface area contributed by atoms with Crippen molar-refractivity contribution in [3.63, 3.8) is 0 Å². The van der Waals surface area contributed by atoms with Gasteiger partial charge in [-0.05, 0) is 18.8 Å². The Morgan fingerprint density at radius 2 is 2.26 bits per heavy atom. The molecule has 1 saturated carbocycles. The summed E-state index contributed by atoms with van der Waals surface area (Å²) < 4.78 is 5.12. The van der Waals surface area contributed by atoms with E-state index in [1.807, 2.05) is 13.8 Å². The zero-order valence-electron chi connectivity index (χ0n) is 11.5. The lowest BCUT2D eigenvalue weighted by molar-refractivity contribution is 0.0700. The predicted octanol–water partition coefficient (Wildman–Crippen LogP) is 2.58. The van der Waals surface area contributed by atoms with Crippen LogP contribution in [0.5, 0.6) is 0 Å². The van der Waals surface area contributed by atoms with Gasteiger partial charge in [-0.1, -0.05) is 25.2 Å². The van der Waals surface area contributed by atoms with Crippen molar-refractivity contribution in [1.82, 2.24) is 4.98 Å². The van der Waals surface area contributed by atoms with Crippen LogP contribution in [0.15, 0.2) is 0 Å². The molecule has 1 fully saturated rings. The Morgan fingerprint density at radius 1 is 1.58 bits per heavy atom. The molecule has 2 rings (SSSR count). The molecule has 0 atom stereocenters. The third-order valence-corrected chi connectivity index (χ3v) is 4.25. The third-order valence-electron chi connectivity index (χ3n) is 3.15. The first-order valence-electron chi connectivity index (χ1n) is 6.54. The summed E-state index contributed by atoms with van der Waals surface area (Å²) in [5.74, 6) is -0.755. The molecule has 106 valence electrons. The van der Waals surface area contributed by atoms with E-state index < -0.39 is 5.97 Å². The van der Waals surface area contributed by atoms with Crippen molar-refractivity contribution in [2.24, 2.45) is 0 Å². The van der Waals surface area contributed by atoms with Gasteiger partial charge in [-0.25, -0.2) is 9.78 Å². The van der Waals surface area contributed by atoms with Gasteiger partial charge in [-0.15, -0.1) is 0 Å². The number of hydrogen-bond acceptors (Lipinski definition) is 5. The number of rotatable bonds is 7. The van der Waals surface area contributed by atoms with Crippen LogP contribution in [0.4, 0.5) is 5.13 Å². The monoisotopic (exact) mass is 284 g/mol. The van der Waals surface area contributed by atoms with E-state index >= 15 is 0 Å². The number of anilines is 1. The number of carboxylic acids is 1. The average molecular weight is 284 g/mol. The number of thiazole rings is 1. The fourth-order valence-corrected chi connectivity index (χ4v) is 3.16. The molecule has 5 nitrogen and oxygen atoms in total. The summed E-state index contributed by atoms with van der Waals surface area (Å²) in [6.07, 6.45) is 2.31. The van der Waals surface area contributed by atoms with Crippen LogP contribution in [-0.2, 0) is 4.74 Å². The minimum absolute atomic E-state index is 0.125. The minimum atomic E-state index is -0.880. The van der Waals surface area contributed by atoms with Gasteiger partial charge in [0.25, 0.3) is 0 Å². The predicted molar refractivity (Wildman–Crippen MR) is 75.4 cm³/mol. The van der Waals surface area contributed by atoms with E-state index in [9.17, 15) is 9.90 Å². The van der Waals surface area contributed by atoms with Crippen LogP contribution in [0, 0.1) is 0 Å². The molecule has 1 aliphatic rings. The van der Waals surface area contributed by atoms with Crippen molar-refractivity contribution in [3.05, 3.63) is 10.6 Å². The topological polar surface area (TPSA) is 62.7 Å². The zero-order chi connectivity index (χ0) is 14.0. The fraction of sp³-hybridized carbons (Fsp3) is 0.692. The van der Waals surface area contributed by atoms with Crippen molar-refractivity contribution in [1.29, 1.82) is 0 Å². The van der Waals surface area contributed by atoms with Gasteiger partial charge >= 0.3 is 5.97 Å². The molecule has 0 radical (unpaired) electrons. The molecule has 0 unspecified atom stereocenters. The number of ether oxygens (including phenoxy) is 1. The number of nitrogens with zero attached hydrogens (tertiary/aromatic N) is 2. The normalized spacial score (nSPS) is 14.9. The van der Waals surface area contributed by atoms with E-state index in [-0.39, 0.29) is 5.92 Å². The SMILES string of the molecule is COCCN(c1nc(C(C)C)c(C(=O)O)s1)C1CC1. The highest BCUT2D eigenvalue weighted by Gasteiger charge is 2.32. The summed E-state index contributed by atoms with van der Waals surface area (Å²) in [7, 11) is 1.68. The van der Waals surface area contributed by atoms with Crippen molar-refractivity contribution in [3.8, 4) is 0 Å². The second-order valence-corrected chi connectivity index (χ2v) is 6.07. The van der Waals surface area contributed by atoms with E-state index in [2.05, 4.69) is 9.88 Å². The molecule has 1 heterocycles. The van der Waals surface area contributed by atoms with Gasteiger partial charge in [-0.2, -0.15) is 0 Å². The molecule has 0 aliphatic heterocycles. The second kappa shape index (κ2) is 5.88. The van der Waals surface area contributed by atoms with Crippen LogP contribution in [0.2, 0.25) is 0 Å². The van der Waals surface area contributed by atoms with E-state index in [0.29, 0.717) is 23.2 Å². The van der Waals surface area contributed by atoms with Gasteiger partial charge in [0.05, 0.1) is 12.3 Å². The summed E-state index contributed by atoms with van der Waals surface area (Å²) in [6, 6.07) is 0.503. The quantitative estimate of drug-likeness (QED) is 0.833. The molecule has 1 aliphatic carbocycles. The molecular formula is C13H20N2O3S. The first-order chi connectivity index (χ1) is 9.04. The van der Waals surface area contributed by atoms with Crippen molar-refractivity contribution < 1.29 is 14.6 Å². The Hall–Kier alpha value is -1.14. The maximum absolute atomic E-state index is 11.3. The molecule has 19 heavy (non-hydrogen) atoms. The Bertz CT molecular complexity index is 455. The number of aromatic carboxylic acids is 1. The average Bonchev–Trinajstić information content (AvgIpc) is 3.07. The summed E-state index contributed by atoms with van der Waals surface area (Å²) in [6.45, 7) is 5.35. The number of methoxy groups -OCH3 is 1. The molecule has 0 bridgehead atoms. The van der Waals surface area contributed by atoms with Gasteiger partial charge in [0.1, 0.15) is 4.88 Å². The summed E-state index contributed by atoms with van der Waals surface area (Å²) in [5.41, 5.74) is 0.690. The summed E-state index contributed by atoms with van der Waals surface area (Å²) >= 11 is 1.28. The lowest BCUT2D eigenvalue weighted by Gasteiger charge is -2.20. The molecule has 1 aromatic heterocycles. The number of carboxylic acid groups (broad SMARTS) is 1. The van der Waals surface area contributed by atoms with Crippen LogP contribution in [0.3, 0.4) is 0 Å². The molecule has 1 aromatic rings. The Labute approximate surface area is 117 Å². The number of aromatic nitrogens is 1. The number of hydrogen-bond donors (Lipinski definition) is 1. The minimum Gasteiger partial charge on any atom is -0.477 e. The van der Waals surface area contributed by atoms with E-state index in [4.69, 9.17) is 4.74 Å². The van der Waals surface area contributed by atoms with Crippen LogP contribution in [0.25, 0.3) is 0 Å². The van der Waals surface area contributed by atoms with Crippen LogP contribution >= 0.6 is 11.3 Å². The molecule has 0 spiro atoms.